The zero-order valence-corrected chi connectivity index (χ0v) is 13.1. The van der Waals surface area contributed by atoms with Gasteiger partial charge in [-0.2, -0.15) is 0 Å². The Labute approximate surface area is 127 Å². The van der Waals surface area contributed by atoms with Crippen LogP contribution in [0.4, 0.5) is 4.39 Å². The van der Waals surface area contributed by atoms with Gasteiger partial charge in [0, 0.05) is 18.5 Å². The van der Waals surface area contributed by atoms with Crippen LogP contribution < -0.4 is 0 Å². The number of likely N-dealkylation sites (N-methyl/N-ethyl adjacent to an activating group) is 1. The number of thiophene rings is 1. The lowest BCUT2D eigenvalue weighted by atomic mass is 10.2. The normalized spacial score (nSPS) is 12.0. The highest BCUT2D eigenvalue weighted by atomic mass is 32.2. The Kier molecular flexibility index (Phi) is 5.10. The van der Waals surface area contributed by atoms with Crippen molar-refractivity contribution in [3.63, 3.8) is 0 Å². The molecule has 2 aromatic rings. The quantitative estimate of drug-likeness (QED) is 0.884. The van der Waals surface area contributed by atoms with Gasteiger partial charge in [0.15, 0.2) is 0 Å². The van der Waals surface area contributed by atoms with E-state index < -0.39 is 22.4 Å². The van der Waals surface area contributed by atoms with Crippen LogP contribution in [-0.2, 0) is 23.1 Å². The number of halogens is 1. The smallest absolute Gasteiger partial charge is 0.243 e. The SMILES string of the molecule is CN(CCc1cccs1)S(=O)(=O)c1cc(F)ccc1CO. The van der Waals surface area contributed by atoms with Crippen LogP contribution in [0.3, 0.4) is 0 Å². The zero-order valence-electron chi connectivity index (χ0n) is 11.5. The lowest BCUT2D eigenvalue weighted by Gasteiger charge is -2.18. The highest BCUT2D eigenvalue weighted by Gasteiger charge is 2.24. The van der Waals surface area contributed by atoms with Gasteiger partial charge in [-0.25, -0.2) is 17.1 Å². The molecule has 1 N–H and O–H groups in total. The van der Waals surface area contributed by atoms with Crippen molar-refractivity contribution < 1.29 is 17.9 Å². The van der Waals surface area contributed by atoms with Gasteiger partial charge in [0.25, 0.3) is 0 Å². The van der Waals surface area contributed by atoms with Crippen LogP contribution in [0.1, 0.15) is 10.4 Å². The van der Waals surface area contributed by atoms with Crippen molar-refractivity contribution in [3.05, 3.63) is 52.0 Å². The molecular weight excluding hydrogens is 313 g/mol. The van der Waals surface area contributed by atoms with E-state index in [1.807, 2.05) is 17.5 Å². The summed E-state index contributed by atoms with van der Waals surface area (Å²) in [6, 6.07) is 7.21. The highest BCUT2D eigenvalue weighted by Crippen LogP contribution is 2.21. The second kappa shape index (κ2) is 6.65. The van der Waals surface area contributed by atoms with Crippen molar-refractivity contribution in [1.29, 1.82) is 0 Å². The molecule has 21 heavy (non-hydrogen) atoms. The summed E-state index contributed by atoms with van der Waals surface area (Å²) in [5.74, 6) is -0.641. The third-order valence-corrected chi connectivity index (χ3v) is 6.02. The fourth-order valence-electron chi connectivity index (χ4n) is 1.91. The van der Waals surface area contributed by atoms with E-state index in [2.05, 4.69) is 0 Å². The van der Waals surface area contributed by atoms with Crippen molar-refractivity contribution in [1.82, 2.24) is 4.31 Å². The van der Waals surface area contributed by atoms with Crippen LogP contribution in [0.5, 0.6) is 0 Å². The van der Waals surface area contributed by atoms with Gasteiger partial charge in [0.05, 0.1) is 11.5 Å². The molecule has 1 aromatic carbocycles. The summed E-state index contributed by atoms with van der Waals surface area (Å²) in [5, 5.41) is 11.2. The lowest BCUT2D eigenvalue weighted by Crippen LogP contribution is -2.29. The summed E-state index contributed by atoms with van der Waals surface area (Å²) < 4.78 is 39.5. The van der Waals surface area contributed by atoms with Crippen LogP contribution >= 0.6 is 11.3 Å². The van der Waals surface area contributed by atoms with Crippen LogP contribution in [0.2, 0.25) is 0 Å². The van der Waals surface area contributed by atoms with Gasteiger partial charge in [-0.15, -0.1) is 11.3 Å². The van der Waals surface area contributed by atoms with Gasteiger partial charge in [0.2, 0.25) is 10.0 Å². The summed E-state index contributed by atoms with van der Waals surface area (Å²) in [7, 11) is -2.37. The molecule has 2 rings (SSSR count). The van der Waals surface area contributed by atoms with E-state index in [1.54, 1.807) is 11.3 Å². The van der Waals surface area contributed by atoms with Gasteiger partial charge in [0.1, 0.15) is 5.82 Å². The Hall–Kier alpha value is -1.28. The van der Waals surface area contributed by atoms with E-state index in [0.29, 0.717) is 13.0 Å². The van der Waals surface area contributed by atoms with Gasteiger partial charge in [-0.05, 0) is 35.6 Å². The fourth-order valence-corrected chi connectivity index (χ4v) is 4.00. The van der Waals surface area contributed by atoms with Gasteiger partial charge < -0.3 is 5.11 Å². The predicted molar refractivity (Wildman–Crippen MR) is 80.2 cm³/mol. The maximum absolute atomic E-state index is 13.3. The van der Waals surface area contributed by atoms with Crippen LogP contribution in [0, 0.1) is 5.82 Å². The minimum Gasteiger partial charge on any atom is -0.392 e. The van der Waals surface area contributed by atoms with E-state index >= 15 is 0 Å². The van der Waals surface area contributed by atoms with E-state index in [9.17, 15) is 17.9 Å². The van der Waals surface area contributed by atoms with E-state index in [-0.39, 0.29) is 10.5 Å². The standard InChI is InChI=1S/C14H16FNO3S2/c1-16(7-6-13-3-2-8-20-13)21(18,19)14-9-12(15)5-4-11(14)10-17/h2-5,8-9,17H,6-7,10H2,1H3. The molecule has 1 heterocycles. The third-order valence-electron chi connectivity index (χ3n) is 3.14. The molecule has 0 atom stereocenters. The summed E-state index contributed by atoms with van der Waals surface area (Å²) in [6.45, 7) is -0.155. The molecular formula is C14H16FNO3S2. The van der Waals surface area contributed by atoms with E-state index in [1.165, 1.54) is 17.4 Å². The van der Waals surface area contributed by atoms with Crippen molar-refractivity contribution in [2.24, 2.45) is 0 Å². The molecule has 4 nitrogen and oxygen atoms in total. The number of sulfonamides is 1. The Morgan fingerprint density at radius 2 is 2.10 bits per heavy atom. The molecule has 0 unspecified atom stereocenters. The van der Waals surface area contributed by atoms with Gasteiger partial charge in [-0.1, -0.05) is 12.1 Å². The molecule has 7 heteroatoms. The fraction of sp³-hybridized carbons (Fsp3) is 0.286. The van der Waals surface area contributed by atoms with Crippen LogP contribution in [0.15, 0.2) is 40.6 Å². The predicted octanol–water partition coefficient (Wildman–Crippen LogP) is 2.24. The molecule has 0 aliphatic rings. The summed E-state index contributed by atoms with van der Waals surface area (Å²) in [4.78, 5) is 0.900. The molecule has 0 saturated heterocycles. The molecule has 0 aliphatic carbocycles. The maximum Gasteiger partial charge on any atom is 0.243 e. The monoisotopic (exact) mass is 329 g/mol. The highest BCUT2D eigenvalue weighted by molar-refractivity contribution is 7.89. The number of hydrogen-bond acceptors (Lipinski definition) is 4. The average molecular weight is 329 g/mol. The first-order valence-corrected chi connectivity index (χ1v) is 8.65. The minimum atomic E-state index is -3.82. The molecule has 0 spiro atoms. The number of nitrogens with zero attached hydrogens (tertiary/aromatic N) is 1. The molecule has 0 amide bonds. The Morgan fingerprint density at radius 1 is 1.33 bits per heavy atom. The summed E-state index contributed by atoms with van der Waals surface area (Å²) in [6.07, 6.45) is 0.594. The first-order valence-electron chi connectivity index (χ1n) is 6.33. The number of hydrogen-bond donors (Lipinski definition) is 1. The topological polar surface area (TPSA) is 57.6 Å². The van der Waals surface area contributed by atoms with E-state index in [0.717, 1.165) is 17.0 Å². The Balaban J connectivity index is 2.22. The molecule has 0 bridgehead atoms. The number of aliphatic hydroxyl groups is 1. The first-order chi connectivity index (χ1) is 9.95. The summed E-state index contributed by atoms with van der Waals surface area (Å²) in [5.41, 5.74) is 0.194. The molecule has 0 saturated carbocycles. The minimum absolute atomic E-state index is 0.182. The molecule has 114 valence electrons. The second-order valence-corrected chi connectivity index (χ2v) is 7.61. The van der Waals surface area contributed by atoms with Crippen molar-refractivity contribution in [2.45, 2.75) is 17.9 Å². The number of rotatable bonds is 6. The second-order valence-electron chi connectivity index (χ2n) is 4.57. The van der Waals surface area contributed by atoms with E-state index in [4.69, 9.17) is 0 Å². The molecule has 0 aliphatic heterocycles. The van der Waals surface area contributed by atoms with Crippen LogP contribution in [0.25, 0.3) is 0 Å². The number of aliphatic hydroxyl groups excluding tert-OH is 1. The summed E-state index contributed by atoms with van der Waals surface area (Å²) >= 11 is 1.56. The molecule has 0 radical (unpaired) electrons. The zero-order chi connectivity index (χ0) is 15.5. The van der Waals surface area contributed by atoms with Gasteiger partial charge in [-0.3, -0.25) is 0 Å². The Morgan fingerprint density at radius 3 is 2.71 bits per heavy atom. The maximum atomic E-state index is 13.3. The third kappa shape index (κ3) is 3.68. The van der Waals surface area contributed by atoms with Crippen molar-refractivity contribution in [2.75, 3.05) is 13.6 Å². The molecule has 0 fully saturated rings. The lowest BCUT2D eigenvalue weighted by molar-refractivity contribution is 0.278. The average Bonchev–Trinajstić information content (AvgIpc) is 2.97. The first kappa shape index (κ1) is 16.1. The van der Waals surface area contributed by atoms with Crippen molar-refractivity contribution in [3.8, 4) is 0 Å². The van der Waals surface area contributed by atoms with Crippen LogP contribution in [-0.4, -0.2) is 31.4 Å². The van der Waals surface area contributed by atoms with Crippen molar-refractivity contribution >= 4 is 21.4 Å². The Bertz CT molecular complexity index is 699. The number of benzene rings is 1. The molecule has 1 aromatic heterocycles. The largest absolute Gasteiger partial charge is 0.392 e. The van der Waals surface area contributed by atoms with Gasteiger partial charge >= 0.3 is 0 Å².